The lowest BCUT2D eigenvalue weighted by atomic mass is 10.2. The molecule has 0 bridgehead atoms. The molecule has 2 aromatic rings. The van der Waals surface area contributed by atoms with Crippen molar-refractivity contribution in [2.75, 3.05) is 11.9 Å². The summed E-state index contributed by atoms with van der Waals surface area (Å²) in [7, 11) is -4.15. The van der Waals surface area contributed by atoms with Gasteiger partial charge in [0.1, 0.15) is 0 Å². The van der Waals surface area contributed by atoms with Gasteiger partial charge in [0.05, 0.1) is 16.2 Å². The molecule has 0 aliphatic heterocycles. The lowest BCUT2D eigenvalue weighted by molar-refractivity contribution is -0.137. The first-order valence-corrected chi connectivity index (χ1v) is 9.33. The van der Waals surface area contributed by atoms with Crippen LogP contribution in [0.1, 0.15) is 17.7 Å². The van der Waals surface area contributed by atoms with Crippen LogP contribution in [0, 0.1) is 6.92 Å². The third-order valence-electron chi connectivity index (χ3n) is 2.98. The van der Waals surface area contributed by atoms with Gasteiger partial charge in [-0.2, -0.15) is 13.2 Å². The molecular formula is C14H14F3N3O3S2. The third-order valence-corrected chi connectivity index (χ3v) is 5.32. The van der Waals surface area contributed by atoms with Gasteiger partial charge in [0, 0.05) is 18.3 Å². The van der Waals surface area contributed by atoms with Crippen LogP contribution in [0.4, 0.5) is 18.3 Å². The number of nitrogens with zero attached hydrogens (tertiary/aromatic N) is 1. The third kappa shape index (κ3) is 5.51. The van der Waals surface area contributed by atoms with E-state index < -0.39 is 32.6 Å². The number of hydrogen-bond acceptors (Lipinski definition) is 5. The fraction of sp³-hybridized carbons (Fsp3) is 0.286. The lowest BCUT2D eigenvalue weighted by Crippen LogP contribution is -2.28. The standard InChI is InChI=1S/C14H14F3N3O3S2/c1-9-8-24-13(19-9)20-12(21)5-6-18-25(22,23)11-4-2-3-10(7-11)14(15,16)17/h2-4,7-8,18H,5-6H2,1H3,(H,19,20,21). The summed E-state index contributed by atoms with van der Waals surface area (Å²) in [5.74, 6) is -0.457. The second kappa shape index (κ2) is 7.50. The number of alkyl halides is 3. The number of halogens is 3. The monoisotopic (exact) mass is 393 g/mol. The number of rotatable bonds is 6. The van der Waals surface area contributed by atoms with E-state index in [1.807, 2.05) is 0 Å². The van der Waals surface area contributed by atoms with Gasteiger partial charge in [0.2, 0.25) is 15.9 Å². The van der Waals surface area contributed by atoms with Crippen molar-refractivity contribution in [2.24, 2.45) is 0 Å². The van der Waals surface area contributed by atoms with E-state index in [2.05, 4.69) is 15.0 Å². The summed E-state index contributed by atoms with van der Waals surface area (Å²) >= 11 is 1.23. The van der Waals surface area contributed by atoms with Crippen LogP contribution in [0.25, 0.3) is 0 Å². The number of thiazole rings is 1. The predicted molar refractivity (Wildman–Crippen MR) is 86.7 cm³/mol. The van der Waals surface area contributed by atoms with Gasteiger partial charge in [-0.15, -0.1) is 11.3 Å². The van der Waals surface area contributed by atoms with Crippen molar-refractivity contribution < 1.29 is 26.4 Å². The molecule has 1 aromatic carbocycles. The number of anilines is 1. The number of aromatic nitrogens is 1. The first-order chi connectivity index (χ1) is 11.6. The van der Waals surface area contributed by atoms with Gasteiger partial charge in [-0.25, -0.2) is 18.1 Å². The highest BCUT2D eigenvalue weighted by Gasteiger charge is 2.31. The van der Waals surface area contributed by atoms with Crippen LogP contribution in [-0.4, -0.2) is 25.9 Å². The minimum absolute atomic E-state index is 0.184. The number of hydrogen-bond donors (Lipinski definition) is 2. The molecule has 0 aliphatic rings. The average Bonchev–Trinajstić information content (AvgIpc) is 2.91. The van der Waals surface area contributed by atoms with Gasteiger partial charge < -0.3 is 5.32 Å². The molecule has 0 spiro atoms. The van der Waals surface area contributed by atoms with Gasteiger partial charge in [-0.3, -0.25) is 4.79 Å². The Hall–Kier alpha value is -1.98. The summed E-state index contributed by atoms with van der Waals surface area (Å²) in [6.45, 7) is 1.50. The molecule has 0 aliphatic carbocycles. The van der Waals surface area contributed by atoms with Crippen LogP contribution >= 0.6 is 11.3 Å². The van der Waals surface area contributed by atoms with Gasteiger partial charge in [-0.05, 0) is 25.1 Å². The molecule has 0 fully saturated rings. The van der Waals surface area contributed by atoms with Gasteiger partial charge >= 0.3 is 6.18 Å². The molecule has 1 aromatic heterocycles. The van der Waals surface area contributed by atoms with E-state index in [0.29, 0.717) is 11.2 Å². The maximum atomic E-state index is 12.6. The normalized spacial score (nSPS) is 12.2. The predicted octanol–water partition coefficient (Wildman–Crippen LogP) is 2.78. The Morgan fingerprint density at radius 2 is 2.04 bits per heavy atom. The van der Waals surface area contributed by atoms with Gasteiger partial charge in [0.25, 0.3) is 0 Å². The molecule has 0 saturated carbocycles. The smallest absolute Gasteiger partial charge is 0.302 e. The molecule has 0 saturated heterocycles. The molecule has 2 N–H and O–H groups in total. The number of carbonyl (C=O) groups is 1. The summed E-state index contributed by atoms with van der Waals surface area (Å²) in [5, 5.41) is 4.64. The van der Waals surface area contributed by atoms with E-state index in [9.17, 15) is 26.4 Å². The molecule has 6 nitrogen and oxygen atoms in total. The second-order valence-electron chi connectivity index (χ2n) is 5.02. The van der Waals surface area contributed by atoms with Gasteiger partial charge in [-0.1, -0.05) is 6.07 Å². The summed E-state index contributed by atoms with van der Waals surface area (Å²) < 4.78 is 64.1. The molecule has 25 heavy (non-hydrogen) atoms. The van der Waals surface area contributed by atoms with E-state index in [1.165, 1.54) is 11.3 Å². The van der Waals surface area contributed by atoms with Crippen LogP contribution in [0.2, 0.25) is 0 Å². The Bertz CT molecular complexity index is 863. The molecule has 11 heteroatoms. The minimum atomic E-state index is -4.64. The molecule has 1 amide bonds. The highest BCUT2D eigenvalue weighted by molar-refractivity contribution is 7.89. The van der Waals surface area contributed by atoms with E-state index in [1.54, 1.807) is 12.3 Å². The van der Waals surface area contributed by atoms with Crippen LogP contribution in [-0.2, 0) is 21.0 Å². The number of nitrogens with one attached hydrogen (secondary N) is 2. The Labute approximate surface area is 146 Å². The number of aryl methyl sites for hydroxylation is 1. The molecule has 136 valence electrons. The summed E-state index contributed by atoms with van der Waals surface area (Å²) in [6, 6.07) is 3.38. The average molecular weight is 393 g/mol. The second-order valence-corrected chi connectivity index (χ2v) is 7.64. The van der Waals surface area contributed by atoms with E-state index in [4.69, 9.17) is 0 Å². The minimum Gasteiger partial charge on any atom is -0.302 e. The fourth-order valence-electron chi connectivity index (χ4n) is 1.81. The molecule has 0 radical (unpaired) electrons. The summed E-state index contributed by atoms with van der Waals surface area (Å²) in [4.78, 5) is 15.2. The van der Waals surface area contributed by atoms with Crippen molar-refractivity contribution >= 4 is 32.4 Å². The van der Waals surface area contributed by atoms with Crippen molar-refractivity contribution in [3.63, 3.8) is 0 Å². The number of carbonyl (C=O) groups excluding carboxylic acids is 1. The summed E-state index contributed by atoms with van der Waals surface area (Å²) in [5.41, 5.74) is -0.321. The van der Waals surface area contributed by atoms with E-state index in [0.717, 1.165) is 23.9 Å². The molecular weight excluding hydrogens is 379 g/mol. The summed E-state index contributed by atoms with van der Waals surface area (Å²) in [6.07, 6.45) is -4.83. The number of amides is 1. The Morgan fingerprint density at radius 1 is 1.32 bits per heavy atom. The SMILES string of the molecule is Cc1csc(NC(=O)CCNS(=O)(=O)c2cccc(C(F)(F)F)c2)n1. The topological polar surface area (TPSA) is 88.2 Å². The van der Waals surface area contributed by atoms with Crippen molar-refractivity contribution in [1.29, 1.82) is 0 Å². The largest absolute Gasteiger partial charge is 0.416 e. The molecule has 2 rings (SSSR count). The van der Waals surface area contributed by atoms with Crippen LogP contribution in [0.15, 0.2) is 34.5 Å². The molecule has 1 heterocycles. The maximum absolute atomic E-state index is 12.6. The van der Waals surface area contributed by atoms with Crippen LogP contribution < -0.4 is 10.0 Å². The van der Waals surface area contributed by atoms with Crippen molar-refractivity contribution in [1.82, 2.24) is 9.71 Å². The zero-order valence-corrected chi connectivity index (χ0v) is 14.6. The van der Waals surface area contributed by atoms with Crippen LogP contribution in [0.3, 0.4) is 0 Å². The van der Waals surface area contributed by atoms with Crippen molar-refractivity contribution in [3.05, 3.63) is 40.9 Å². The van der Waals surface area contributed by atoms with E-state index >= 15 is 0 Å². The van der Waals surface area contributed by atoms with Gasteiger partial charge in [0.15, 0.2) is 5.13 Å². The Kier molecular flexibility index (Phi) is 5.80. The highest BCUT2D eigenvalue weighted by Crippen LogP contribution is 2.30. The zero-order valence-electron chi connectivity index (χ0n) is 12.9. The Morgan fingerprint density at radius 3 is 2.64 bits per heavy atom. The van der Waals surface area contributed by atoms with Crippen molar-refractivity contribution in [3.8, 4) is 0 Å². The Balaban J connectivity index is 1.94. The zero-order chi connectivity index (χ0) is 18.7. The highest BCUT2D eigenvalue weighted by atomic mass is 32.2. The quantitative estimate of drug-likeness (QED) is 0.790. The maximum Gasteiger partial charge on any atom is 0.416 e. The van der Waals surface area contributed by atoms with Crippen molar-refractivity contribution in [2.45, 2.75) is 24.4 Å². The lowest BCUT2D eigenvalue weighted by Gasteiger charge is -2.10. The fourth-order valence-corrected chi connectivity index (χ4v) is 3.60. The molecule has 0 atom stereocenters. The first kappa shape index (κ1) is 19.3. The first-order valence-electron chi connectivity index (χ1n) is 6.97. The van der Waals surface area contributed by atoms with Crippen LogP contribution in [0.5, 0.6) is 0 Å². The van der Waals surface area contributed by atoms with E-state index in [-0.39, 0.29) is 13.0 Å². The number of benzene rings is 1. The number of sulfonamides is 1. The molecule has 0 unspecified atom stereocenters.